The van der Waals surface area contributed by atoms with Crippen molar-refractivity contribution in [2.75, 3.05) is 20.3 Å². The summed E-state index contributed by atoms with van der Waals surface area (Å²) in [5, 5.41) is 42.4. The summed E-state index contributed by atoms with van der Waals surface area (Å²) in [7, 11) is -9.25. The molecule has 0 radical (unpaired) electrons. The van der Waals surface area contributed by atoms with E-state index in [1.807, 2.05) is 0 Å². The predicted octanol–water partition coefficient (Wildman–Crippen LogP) is -3.38. The van der Waals surface area contributed by atoms with Crippen LogP contribution in [0.2, 0.25) is 0 Å². The van der Waals surface area contributed by atoms with Crippen molar-refractivity contribution in [3.63, 3.8) is 0 Å². The molecule has 0 saturated carbocycles. The van der Waals surface area contributed by atoms with Crippen molar-refractivity contribution >= 4 is 20.8 Å². The van der Waals surface area contributed by atoms with Crippen LogP contribution in [-0.4, -0.2) is 122 Å². The van der Waals surface area contributed by atoms with Crippen LogP contribution < -0.4 is 0 Å². The Bertz CT molecular complexity index is 849. The SMILES string of the molecule is CO[C@H]1OC(COOO)[C@H](O[C@@H]2OC(CO)[C@H](O)[C@H](C)C2OS(=O)(=O)O)[C@H](O)C1OS(=O)(=O)O. The van der Waals surface area contributed by atoms with E-state index >= 15 is 0 Å². The van der Waals surface area contributed by atoms with E-state index in [-0.39, 0.29) is 0 Å². The molecular formula is C14H26O18S2. The Morgan fingerprint density at radius 3 is 1.91 bits per heavy atom. The van der Waals surface area contributed by atoms with E-state index in [9.17, 15) is 32.2 Å². The van der Waals surface area contributed by atoms with Gasteiger partial charge in [0, 0.05) is 13.0 Å². The van der Waals surface area contributed by atoms with Gasteiger partial charge in [-0.25, -0.2) is 18.5 Å². The fourth-order valence-electron chi connectivity index (χ4n) is 3.53. The van der Waals surface area contributed by atoms with Crippen LogP contribution in [0.1, 0.15) is 6.92 Å². The quantitative estimate of drug-likeness (QED) is 0.0838. The van der Waals surface area contributed by atoms with Crippen LogP contribution in [0.25, 0.3) is 0 Å². The Morgan fingerprint density at radius 1 is 0.853 bits per heavy atom. The second-order valence-corrected chi connectivity index (χ2v) is 9.38. The van der Waals surface area contributed by atoms with Gasteiger partial charge >= 0.3 is 20.8 Å². The third-order valence-electron chi connectivity index (χ3n) is 5.09. The molecule has 0 aromatic rings. The van der Waals surface area contributed by atoms with Gasteiger partial charge < -0.3 is 34.3 Å². The minimum absolute atomic E-state index is 0.700. The molecule has 0 aromatic heterocycles. The Labute approximate surface area is 193 Å². The molecule has 2 saturated heterocycles. The molecule has 0 amide bonds. The summed E-state index contributed by atoms with van der Waals surface area (Å²) in [5.41, 5.74) is 0. The molecule has 202 valence electrons. The van der Waals surface area contributed by atoms with Gasteiger partial charge in [0.15, 0.2) is 18.7 Å². The zero-order valence-electron chi connectivity index (χ0n) is 17.6. The third kappa shape index (κ3) is 7.67. The molecule has 2 aliphatic heterocycles. The molecule has 6 N–H and O–H groups in total. The molecule has 2 rings (SSSR count). The number of rotatable bonds is 11. The lowest BCUT2D eigenvalue weighted by Gasteiger charge is -2.47. The molecule has 0 aliphatic carbocycles. The first kappa shape index (κ1) is 29.6. The summed E-state index contributed by atoms with van der Waals surface area (Å²) in [4.78, 5) is 4.35. The Morgan fingerprint density at radius 2 is 1.41 bits per heavy atom. The van der Waals surface area contributed by atoms with Crippen molar-refractivity contribution in [3.05, 3.63) is 0 Å². The minimum Gasteiger partial charge on any atom is -0.394 e. The van der Waals surface area contributed by atoms with Crippen LogP contribution in [0.4, 0.5) is 0 Å². The zero-order valence-corrected chi connectivity index (χ0v) is 19.2. The Hall–Kier alpha value is -0.660. The van der Waals surface area contributed by atoms with Gasteiger partial charge in [0.2, 0.25) is 0 Å². The van der Waals surface area contributed by atoms with Crippen molar-refractivity contribution in [1.82, 2.24) is 0 Å². The molecule has 2 aliphatic rings. The predicted molar refractivity (Wildman–Crippen MR) is 100.0 cm³/mol. The number of aliphatic hydroxyl groups is 3. The third-order valence-corrected chi connectivity index (χ3v) is 6.02. The molecule has 10 atom stereocenters. The first-order valence-corrected chi connectivity index (χ1v) is 12.2. The van der Waals surface area contributed by atoms with Crippen LogP contribution in [0, 0.1) is 5.92 Å². The lowest BCUT2D eigenvalue weighted by atomic mass is 9.90. The maximum absolute atomic E-state index is 11.3. The van der Waals surface area contributed by atoms with E-state index < -0.39 is 95.2 Å². The zero-order chi connectivity index (χ0) is 25.8. The minimum atomic E-state index is -5.16. The number of aliphatic hydroxyl groups excluding tert-OH is 3. The topological polar surface area (TPSA) is 264 Å². The van der Waals surface area contributed by atoms with Gasteiger partial charge in [-0.1, -0.05) is 12.0 Å². The maximum atomic E-state index is 11.3. The number of methoxy groups -OCH3 is 1. The van der Waals surface area contributed by atoms with Gasteiger partial charge in [-0.15, -0.1) is 0 Å². The highest BCUT2D eigenvalue weighted by Crippen LogP contribution is 2.34. The van der Waals surface area contributed by atoms with Crippen LogP contribution in [-0.2, 0) is 58.0 Å². The van der Waals surface area contributed by atoms with E-state index in [4.69, 9.17) is 33.3 Å². The van der Waals surface area contributed by atoms with Gasteiger partial charge in [-0.05, 0) is 0 Å². The van der Waals surface area contributed by atoms with Crippen molar-refractivity contribution in [2.45, 2.75) is 62.2 Å². The van der Waals surface area contributed by atoms with Crippen molar-refractivity contribution in [3.8, 4) is 0 Å². The van der Waals surface area contributed by atoms with Gasteiger partial charge in [-0.2, -0.15) is 16.8 Å². The fourth-order valence-corrected chi connectivity index (χ4v) is 4.56. The van der Waals surface area contributed by atoms with Gasteiger partial charge in [0.1, 0.15) is 37.1 Å². The highest BCUT2D eigenvalue weighted by molar-refractivity contribution is 7.81. The molecule has 18 nitrogen and oxygen atoms in total. The summed E-state index contributed by atoms with van der Waals surface area (Å²) in [6.07, 6.45) is -15.3. The number of hydrogen-bond acceptors (Lipinski definition) is 16. The molecule has 0 aromatic carbocycles. The molecule has 2 fully saturated rings. The van der Waals surface area contributed by atoms with Crippen LogP contribution in [0.5, 0.6) is 0 Å². The smallest absolute Gasteiger partial charge is 0.394 e. The average molecular weight is 546 g/mol. The first-order valence-electron chi connectivity index (χ1n) is 9.43. The summed E-state index contributed by atoms with van der Waals surface area (Å²) in [6, 6.07) is 0. The lowest BCUT2D eigenvalue weighted by Crippen LogP contribution is -2.64. The molecule has 34 heavy (non-hydrogen) atoms. The molecule has 20 heteroatoms. The van der Waals surface area contributed by atoms with Gasteiger partial charge in [0.25, 0.3) is 0 Å². The summed E-state index contributed by atoms with van der Waals surface area (Å²) in [6.45, 7) is -0.186. The molecule has 0 bridgehead atoms. The van der Waals surface area contributed by atoms with Crippen LogP contribution >= 0.6 is 0 Å². The Kier molecular flexibility index (Phi) is 10.5. The highest BCUT2D eigenvalue weighted by atomic mass is 32.3. The van der Waals surface area contributed by atoms with E-state index in [1.54, 1.807) is 0 Å². The van der Waals surface area contributed by atoms with Crippen molar-refractivity contribution in [1.29, 1.82) is 0 Å². The van der Waals surface area contributed by atoms with E-state index in [0.717, 1.165) is 7.11 Å². The van der Waals surface area contributed by atoms with E-state index in [1.165, 1.54) is 6.92 Å². The average Bonchev–Trinajstić information content (AvgIpc) is 2.73. The first-order chi connectivity index (χ1) is 15.7. The second kappa shape index (κ2) is 12.1. The fraction of sp³-hybridized carbons (Fsp3) is 1.00. The summed E-state index contributed by atoms with van der Waals surface area (Å²) in [5.74, 6) is -1.15. The van der Waals surface area contributed by atoms with Crippen molar-refractivity contribution in [2.24, 2.45) is 5.92 Å². The normalized spacial score (nSPS) is 39.8. The molecule has 2 heterocycles. The van der Waals surface area contributed by atoms with E-state index in [2.05, 4.69) is 18.3 Å². The lowest BCUT2D eigenvalue weighted by molar-refractivity contribution is -0.499. The second-order valence-electron chi connectivity index (χ2n) is 7.28. The highest BCUT2D eigenvalue weighted by Gasteiger charge is 2.53. The monoisotopic (exact) mass is 546 g/mol. The standard InChI is InChI=1S/C14H26O18S2/c1-5-8(16)6(3-15)27-14(10(5)30-33(19,20)21)29-11-7(4-26-32-18)28-13(25-2)12(9(11)17)31-34(22,23)24/h5-18H,3-4H2,1-2H3,(H,19,20,21)(H,22,23,24)/t5-,6?,7?,8+,9-,10?,11-,12?,13-,14-/m0/s1. The van der Waals surface area contributed by atoms with Crippen LogP contribution in [0.3, 0.4) is 0 Å². The number of ether oxygens (including phenoxy) is 4. The molecule has 4 unspecified atom stereocenters. The Balaban J connectivity index is 2.40. The summed E-state index contributed by atoms with van der Waals surface area (Å²) >= 11 is 0. The number of hydrogen-bond donors (Lipinski definition) is 6. The van der Waals surface area contributed by atoms with Crippen molar-refractivity contribution < 1.29 is 83.8 Å². The van der Waals surface area contributed by atoms with E-state index in [0.29, 0.717) is 0 Å². The van der Waals surface area contributed by atoms with Crippen LogP contribution in [0.15, 0.2) is 0 Å². The largest absolute Gasteiger partial charge is 0.397 e. The summed E-state index contributed by atoms with van der Waals surface area (Å²) < 4.78 is 93.3. The maximum Gasteiger partial charge on any atom is 0.397 e. The molecule has 0 spiro atoms. The van der Waals surface area contributed by atoms with Gasteiger partial charge in [-0.3, -0.25) is 9.11 Å². The molecular weight excluding hydrogens is 520 g/mol. The van der Waals surface area contributed by atoms with Gasteiger partial charge in [0.05, 0.1) is 12.7 Å².